The molecule has 1 aromatic carbocycles. The number of pyridine rings is 1. The van der Waals surface area contributed by atoms with Crippen LogP contribution in [0.25, 0.3) is 0 Å². The second-order valence-corrected chi connectivity index (χ2v) is 10.4. The van der Waals surface area contributed by atoms with Crippen LogP contribution < -0.4 is 4.90 Å². The number of piperidine rings is 1. The van der Waals surface area contributed by atoms with Gasteiger partial charge in [-0.1, -0.05) is 12.5 Å². The summed E-state index contributed by atoms with van der Waals surface area (Å²) < 4.78 is 44.1. The summed E-state index contributed by atoms with van der Waals surface area (Å²) in [6.07, 6.45) is 7.54. The van der Waals surface area contributed by atoms with Gasteiger partial charge < -0.3 is 4.90 Å². The van der Waals surface area contributed by atoms with Gasteiger partial charge in [-0.05, 0) is 68.6 Å². The van der Waals surface area contributed by atoms with Crippen molar-refractivity contribution in [3.05, 3.63) is 70.8 Å². The SMILES string of the molecule is Cc1cc(N2C[C@H]3CC[C@@H](C2)C3Cc2nc3n(n2)CCCCC3c2ccc(F)c(F)c2F)ccn1. The Balaban J connectivity index is 1.24. The van der Waals surface area contributed by atoms with Crippen LogP contribution in [-0.2, 0) is 13.0 Å². The molecule has 0 amide bonds. The molecule has 8 heteroatoms. The molecule has 2 aliphatic heterocycles. The number of rotatable bonds is 4. The zero-order valence-electron chi connectivity index (χ0n) is 19.9. The Morgan fingerprint density at radius 3 is 2.54 bits per heavy atom. The van der Waals surface area contributed by atoms with Crippen molar-refractivity contribution in [1.29, 1.82) is 0 Å². The van der Waals surface area contributed by atoms with E-state index in [1.807, 2.05) is 17.8 Å². The Bertz CT molecular complexity index is 1230. The van der Waals surface area contributed by atoms with Gasteiger partial charge >= 0.3 is 0 Å². The quantitative estimate of drug-likeness (QED) is 0.467. The van der Waals surface area contributed by atoms with Crippen molar-refractivity contribution in [3.63, 3.8) is 0 Å². The first kappa shape index (κ1) is 22.6. The van der Waals surface area contributed by atoms with Crippen molar-refractivity contribution in [3.8, 4) is 0 Å². The average Bonchev–Trinajstić information content (AvgIpc) is 3.25. The fraction of sp³-hybridized carbons (Fsp3) is 0.519. The van der Waals surface area contributed by atoms with Crippen LogP contribution in [0.4, 0.5) is 18.9 Å². The molecule has 2 fully saturated rings. The molecule has 2 unspecified atom stereocenters. The van der Waals surface area contributed by atoms with E-state index in [0.29, 0.717) is 30.0 Å². The molecule has 1 saturated heterocycles. The van der Waals surface area contributed by atoms with Gasteiger partial charge in [0.05, 0.1) is 0 Å². The predicted octanol–water partition coefficient (Wildman–Crippen LogP) is 5.42. The maximum atomic E-state index is 14.7. The number of benzene rings is 1. The van der Waals surface area contributed by atoms with Crippen molar-refractivity contribution in [2.75, 3.05) is 18.0 Å². The second kappa shape index (κ2) is 8.95. The topological polar surface area (TPSA) is 46.8 Å². The van der Waals surface area contributed by atoms with E-state index in [9.17, 15) is 13.2 Å². The molecule has 4 heterocycles. The van der Waals surface area contributed by atoms with Crippen molar-refractivity contribution in [2.24, 2.45) is 17.8 Å². The largest absolute Gasteiger partial charge is 0.371 e. The van der Waals surface area contributed by atoms with Gasteiger partial charge in [-0.2, -0.15) is 5.10 Å². The lowest BCUT2D eigenvalue weighted by Gasteiger charge is -2.39. The highest BCUT2D eigenvalue weighted by atomic mass is 19.2. The van der Waals surface area contributed by atoms with Gasteiger partial charge in [0.15, 0.2) is 23.3 Å². The molecule has 3 aliphatic rings. The first-order valence-electron chi connectivity index (χ1n) is 12.7. The number of anilines is 1. The first-order chi connectivity index (χ1) is 17.0. The van der Waals surface area contributed by atoms with Crippen LogP contribution in [0, 0.1) is 42.1 Å². The monoisotopic (exact) mass is 481 g/mol. The van der Waals surface area contributed by atoms with Gasteiger partial charge in [-0.25, -0.2) is 22.8 Å². The predicted molar refractivity (Wildman–Crippen MR) is 127 cm³/mol. The van der Waals surface area contributed by atoms with E-state index < -0.39 is 23.4 Å². The smallest absolute Gasteiger partial charge is 0.194 e. The molecule has 184 valence electrons. The van der Waals surface area contributed by atoms with E-state index in [1.165, 1.54) is 24.6 Å². The average molecular weight is 482 g/mol. The second-order valence-electron chi connectivity index (χ2n) is 10.4. The van der Waals surface area contributed by atoms with E-state index in [0.717, 1.165) is 56.5 Å². The van der Waals surface area contributed by atoms with E-state index in [4.69, 9.17) is 10.1 Å². The maximum Gasteiger partial charge on any atom is 0.194 e. The minimum atomic E-state index is -1.41. The molecule has 2 aromatic heterocycles. The molecule has 5 nitrogen and oxygen atoms in total. The Morgan fingerprint density at radius 2 is 1.77 bits per heavy atom. The molecule has 3 aromatic rings. The normalized spacial score (nSPS) is 26.0. The number of aryl methyl sites for hydroxylation is 2. The lowest BCUT2D eigenvalue weighted by molar-refractivity contribution is 0.265. The van der Waals surface area contributed by atoms with Crippen LogP contribution in [0.3, 0.4) is 0 Å². The van der Waals surface area contributed by atoms with Crippen LogP contribution in [-0.4, -0.2) is 32.8 Å². The van der Waals surface area contributed by atoms with Crippen LogP contribution in [0.1, 0.15) is 60.9 Å². The van der Waals surface area contributed by atoms with Crippen LogP contribution in [0.5, 0.6) is 0 Å². The first-order valence-corrected chi connectivity index (χ1v) is 12.7. The Hall–Kier alpha value is -2.90. The fourth-order valence-electron chi connectivity index (χ4n) is 6.57. The highest BCUT2D eigenvalue weighted by Crippen LogP contribution is 2.45. The zero-order valence-corrected chi connectivity index (χ0v) is 19.9. The number of aromatic nitrogens is 4. The number of fused-ring (bicyclic) bond motifs is 3. The minimum Gasteiger partial charge on any atom is -0.371 e. The van der Waals surface area contributed by atoms with Crippen molar-refractivity contribution >= 4 is 5.69 Å². The molecule has 1 aliphatic carbocycles. The summed E-state index contributed by atoms with van der Waals surface area (Å²) in [4.78, 5) is 11.7. The maximum absolute atomic E-state index is 14.7. The third-order valence-corrected chi connectivity index (χ3v) is 8.30. The summed E-state index contributed by atoms with van der Waals surface area (Å²) >= 11 is 0. The summed E-state index contributed by atoms with van der Waals surface area (Å²) in [5.41, 5.74) is 2.45. The molecule has 35 heavy (non-hydrogen) atoms. The number of nitrogens with zero attached hydrogens (tertiary/aromatic N) is 5. The lowest BCUT2D eigenvalue weighted by Crippen LogP contribution is -2.42. The molecule has 6 rings (SSSR count). The highest BCUT2D eigenvalue weighted by Gasteiger charge is 2.42. The van der Waals surface area contributed by atoms with Crippen molar-refractivity contribution in [2.45, 2.75) is 57.9 Å². The summed E-state index contributed by atoms with van der Waals surface area (Å²) in [7, 11) is 0. The Morgan fingerprint density at radius 1 is 0.971 bits per heavy atom. The van der Waals surface area contributed by atoms with Crippen LogP contribution in [0.2, 0.25) is 0 Å². The summed E-state index contributed by atoms with van der Waals surface area (Å²) in [6, 6.07) is 6.62. The van der Waals surface area contributed by atoms with Gasteiger partial charge in [0, 0.05) is 55.1 Å². The van der Waals surface area contributed by atoms with E-state index >= 15 is 0 Å². The third kappa shape index (κ3) is 4.10. The van der Waals surface area contributed by atoms with Gasteiger partial charge in [0.2, 0.25) is 0 Å². The molecule has 0 radical (unpaired) electrons. The fourth-order valence-corrected chi connectivity index (χ4v) is 6.57. The van der Waals surface area contributed by atoms with Gasteiger partial charge in [0.25, 0.3) is 0 Å². The Labute approximate surface area is 203 Å². The van der Waals surface area contributed by atoms with Gasteiger partial charge in [-0.3, -0.25) is 4.98 Å². The summed E-state index contributed by atoms with van der Waals surface area (Å²) in [6.45, 7) is 4.80. The minimum absolute atomic E-state index is 0.173. The lowest BCUT2D eigenvalue weighted by atomic mass is 9.82. The third-order valence-electron chi connectivity index (χ3n) is 8.30. The van der Waals surface area contributed by atoms with Crippen molar-refractivity contribution in [1.82, 2.24) is 19.7 Å². The van der Waals surface area contributed by atoms with Gasteiger partial charge in [0.1, 0.15) is 5.82 Å². The molecular formula is C27H30F3N5. The van der Waals surface area contributed by atoms with Crippen LogP contribution >= 0.6 is 0 Å². The Kier molecular flexibility index (Phi) is 5.77. The molecule has 1 saturated carbocycles. The molecule has 2 bridgehead atoms. The molecule has 4 atom stereocenters. The van der Waals surface area contributed by atoms with Crippen LogP contribution in [0.15, 0.2) is 30.5 Å². The highest BCUT2D eigenvalue weighted by molar-refractivity contribution is 5.47. The number of hydrogen-bond acceptors (Lipinski definition) is 4. The summed E-state index contributed by atoms with van der Waals surface area (Å²) in [5.74, 6) is -0.915. The summed E-state index contributed by atoms with van der Waals surface area (Å²) in [5, 5.41) is 4.83. The molecular weight excluding hydrogens is 451 g/mol. The molecule has 0 spiro atoms. The molecule has 0 N–H and O–H groups in total. The van der Waals surface area contributed by atoms with Crippen molar-refractivity contribution < 1.29 is 13.2 Å². The number of halogens is 3. The van der Waals surface area contributed by atoms with Gasteiger partial charge in [-0.15, -0.1) is 0 Å². The van der Waals surface area contributed by atoms with E-state index in [2.05, 4.69) is 22.0 Å². The number of hydrogen-bond donors (Lipinski definition) is 0. The van der Waals surface area contributed by atoms with E-state index in [1.54, 1.807) is 0 Å². The standard InChI is InChI=1S/C27H30F3N5/c1-16-12-19(9-10-31-16)34-14-17-5-6-18(15-34)22(17)13-24-32-27-21(4-2-3-11-35(27)33-24)20-7-8-23(28)26(30)25(20)29/h7-10,12,17-18,21-22H,2-6,11,13-15H2,1H3/t17-,18+,21?,22?. The zero-order chi connectivity index (χ0) is 24.1. The van der Waals surface area contributed by atoms with E-state index in [-0.39, 0.29) is 5.56 Å².